The molecule has 2 aliphatic carbocycles. The highest BCUT2D eigenvalue weighted by Crippen LogP contribution is 2.51. The fourth-order valence-corrected chi connectivity index (χ4v) is 10.6. The number of benzene rings is 2. The van der Waals surface area contributed by atoms with Crippen molar-refractivity contribution in [3.05, 3.63) is 94.3 Å². The van der Waals surface area contributed by atoms with E-state index >= 15 is 0 Å². The maximum Gasteiger partial charge on any atom is 0.310 e. The van der Waals surface area contributed by atoms with Gasteiger partial charge >= 0.3 is 11.9 Å². The molecule has 0 saturated carbocycles. The summed E-state index contributed by atoms with van der Waals surface area (Å²) in [5.74, 6) is -1.33. The number of aromatic nitrogens is 2. The summed E-state index contributed by atoms with van der Waals surface area (Å²) in [5, 5.41) is 14.9. The number of H-pyrrole nitrogens is 1. The molecule has 2 aromatic carbocycles. The molecule has 2 aliphatic heterocycles. The summed E-state index contributed by atoms with van der Waals surface area (Å²) in [4.78, 5) is 35.9. The molecule has 2 fully saturated rings. The number of hydrogen-bond donors (Lipinski definition) is 2. The van der Waals surface area contributed by atoms with Crippen LogP contribution in [0.3, 0.4) is 0 Å². The van der Waals surface area contributed by atoms with Crippen molar-refractivity contribution in [2.75, 3.05) is 41.4 Å². The van der Waals surface area contributed by atoms with Crippen LogP contribution in [0.2, 0.25) is 0 Å². The van der Waals surface area contributed by atoms with Crippen molar-refractivity contribution in [2.24, 2.45) is 23.7 Å². The lowest BCUT2D eigenvalue weighted by molar-refractivity contribution is -0.152. The fourth-order valence-electron chi connectivity index (χ4n) is 10.6. The summed E-state index contributed by atoms with van der Waals surface area (Å²) < 4.78 is 13.4. The molecule has 9 nitrogen and oxygen atoms in total. The number of aliphatic hydroxyl groups is 1. The topological polar surface area (TPSA) is 100 Å². The zero-order chi connectivity index (χ0) is 35.7. The van der Waals surface area contributed by atoms with Crippen molar-refractivity contribution >= 4 is 33.7 Å². The molecule has 0 unspecified atom stereocenters. The Morgan fingerprint density at radius 3 is 1.94 bits per heavy atom. The minimum atomic E-state index is -0.829. The Bertz CT molecular complexity index is 2070. The smallest absolute Gasteiger partial charge is 0.310 e. The molecule has 4 aromatic rings. The van der Waals surface area contributed by atoms with Gasteiger partial charge in [-0.2, -0.15) is 0 Å². The average molecular weight is 691 g/mol. The largest absolute Gasteiger partial charge is 0.469 e. The molecule has 51 heavy (non-hydrogen) atoms. The van der Waals surface area contributed by atoms with Crippen LogP contribution < -0.4 is 0 Å². The number of piperidine rings is 2. The molecule has 4 aliphatic rings. The third-order valence-electron chi connectivity index (χ3n) is 13.0. The zero-order valence-corrected chi connectivity index (χ0v) is 30.6. The second-order valence-electron chi connectivity index (χ2n) is 15.2. The van der Waals surface area contributed by atoms with Crippen LogP contribution in [-0.2, 0) is 31.9 Å². The number of likely N-dealkylation sites (tertiary alicyclic amines) is 2. The highest BCUT2D eigenvalue weighted by atomic mass is 16.5. The summed E-state index contributed by atoms with van der Waals surface area (Å²) in [5.41, 5.74) is 8.88. The van der Waals surface area contributed by atoms with Gasteiger partial charge in [-0.1, -0.05) is 59.7 Å². The quantitative estimate of drug-likeness (QED) is 0.202. The lowest BCUT2D eigenvalue weighted by Gasteiger charge is -2.47. The van der Waals surface area contributed by atoms with E-state index in [1.54, 1.807) is 0 Å². The fraction of sp³-hybridized carbons (Fsp3) is 0.476. The summed E-state index contributed by atoms with van der Waals surface area (Å²) in [7, 11) is 7.21. The van der Waals surface area contributed by atoms with Crippen LogP contribution in [0.5, 0.6) is 0 Å². The first-order chi connectivity index (χ1) is 24.7. The van der Waals surface area contributed by atoms with Gasteiger partial charge in [0, 0.05) is 52.7 Å². The summed E-state index contributed by atoms with van der Waals surface area (Å²) in [6.45, 7) is 5.64. The van der Waals surface area contributed by atoms with Gasteiger partial charge in [-0.05, 0) is 88.7 Å². The molecule has 4 bridgehead atoms. The number of hydrogen-bond acceptors (Lipinski definition) is 7. The van der Waals surface area contributed by atoms with Crippen LogP contribution in [0.1, 0.15) is 61.3 Å². The van der Waals surface area contributed by atoms with Gasteiger partial charge in [0.1, 0.15) is 0 Å². The molecule has 9 heteroatoms. The number of nitrogens with zero attached hydrogens (tertiary/aromatic N) is 3. The number of aliphatic hydroxyl groups excluding tert-OH is 1. The van der Waals surface area contributed by atoms with Crippen LogP contribution in [-0.4, -0.2) is 89.9 Å². The molecule has 8 atom stereocenters. The van der Waals surface area contributed by atoms with Gasteiger partial charge in [0.05, 0.1) is 43.9 Å². The predicted molar refractivity (Wildman–Crippen MR) is 198 cm³/mol. The number of fused-ring (bicyclic) bond motifs is 10. The minimum absolute atomic E-state index is 0.0258. The summed E-state index contributed by atoms with van der Waals surface area (Å²) in [6.07, 6.45) is 5.87. The van der Waals surface area contributed by atoms with E-state index in [9.17, 15) is 14.7 Å². The van der Waals surface area contributed by atoms with Gasteiger partial charge in [0.2, 0.25) is 0 Å². The molecule has 8 rings (SSSR count). The number of para-hydroxylation sites is 2. The van der Waals surface area contributed by atoms with E-state index in [4.69, 9.17) is 9.47 Å². The van der Waals surface area contributed by atoms with E-state index in [0.717, 1.165) is 52.0 Å². The highest BCUT2D eigenvalue weighted by Gasteiger charge is 2.50. The van der Waals surface area contributed by atoms with Crippen molar-refractivity contribution in [3.63, 3.8) is 0 Å². The first kappa shape index (κ1) is 33.9. The summed E-state index contributed by atoms with van der Waals surface area (Å²) >= 11 is 0. The molecular weight excluding hydrogens is 640 g/mol. The molecular formula is C42H50N4O5. The van der Waals surface area contributed by atoms with E-state index in [1.165, 1.54) is 30.7 Å². The Hall–Kier alpha value is -4.18. The van der Waals surface area contributed by atoms with Crippen molar-refractivity contribution in [2.45, 2.75) is 63.8 Å². The van der Waals surface area contributed by atoms with Crippen LogP contribution in [0.4, 0.5) is 0 Å². The Morgan fingerprint density at radius 2 is 1.33 bits per heavy atom. The van der Waals surface area contributed by atoms with E-state index in [0.29, 0.717) is 25.7 Å². The van der Waals surface area contributed by atoms with Gasteiger partial charge in [-0.15, -0.1) is 0 Å². The number of nitrogens with one attached hydrogen (secondary N) is 1. The molecule has 0 radical (unpaired) electrons. The number of carbonyl (C=O) groups is 2. The van der Waals surface area contributed by atoms with Crippen LogP contribution in [0.25, 0.3) is 21.8 Å². The molecule has 0 spiro atoms. The third kappa shape index (κ3) is 5.22. The average Bonchev–Trinajstić information content (AvgIpc) is 3.65. The first-order valence-corrected chi connectivity index (χ1v) is 18.5. The number of methoxy groups -OCH3 is 2. The monoisotopic (exact) mass is 690 g/mol. The third-order valence-corrected chi connectivity index (χ3v) is 13.0. The van der Waals surface area contributed by atoms with Gasteiger partial charge in [0.25, 0.3) is 0 Å². The number of likely N-dealkylation sites (N-methyl/N-ethyl adjacent to an activating group) is 2. The maximum absolute atomic E-state index is 13.9. The number of allylic oxidation sites excluding steroid dienone is 2. The minimum Gasteiger partial charge on any atom is -0.469 e. The van der Waals surface area contributed by atoms with E-state index < -0.39 is 6.10 Å². The van der Waals surface area contributed by atoms with Crippen molar-refractivity contribution in [1.29, 1.82) is 0 Å². The Morgan fingerprint density at radius 1 is 0.784 bits per heavy atom. The van der Waals surface area contributed by atoms with E-state index in [2.05, 4.69) is 101 Å². The lowest BCUT2D eigenvalue weighted by Crippen LogP contribution is -2.54. The van der Waals surface area contributed by atoms with Crippen molar-refractivity contribution < 1.29 is 24.2 Å². The van der Waals surface area contributed by atoms with Gasteiger partial charge in [-0.3, -0.25) is 19.4 Å². The first-order valence-electron chi connectivity index (χ1n) is 18.5. The number of aromatic amines is 1. The Balaban J connectivity index is 1.41. The second-order valence-corrected chi connectivity index (χ2v) is 15.2. The maximum atomic E-state index is 13.9. The Kier molecular flexibility index (Phi) is 8.72. The van der Waals surface area contributed by atoms with E-state index in [-0.39, 0.29) is 53.7 Å². The Labute approximate surface area is 299 Å². The molecule has 0 amide bonds. The molecule has 2 saturated heterocycles. The van der Waals surface area contributed by atoms with Crippen molar-refractivity contribution in [1.82, 2.24) is 19.4 Å². The van der Waals surface area contributed by atoms with Crippen molar-refractivity contribution in [3.8, 4) is 0 Å². The molecule has 2 aromatic heterocycles. The van der Waals surface area contributed by atoms with E-state index in [1.807, 2.05) is 6.92 Å². The lowest BCUT2D eigenvalue weighted by atomic mass is 9.69. The molecule has 2 N–H and O–H groups in total. The highest BCUT2D eigenvalue weighted by molar-refractivity contribution is 5.88. The number of esters is 2. The van der Waals surface area contributed by atoms with Gasteiger partial charge in [0.15, 0.2) is 0 Å². The van der Waals surface area contributed by atoms with Crippen LogP contribution in [0, 0.1) is 23.7 Å². The van der Waals surface area contributed by atoms with Gasteiger partial charge < -0.3 is 24.1 Å². The molecule has 4 heterocycles. The van der Waals surface area contributed by atoms with Crippen LogP contribution >= 0.6 is 0 Å². The van der Waals surface area contributed by atoms with Crippen LogP contribution in [0.15, 0.2) is 71.8 Å². The number of carbonyl (C=O) groups excluding carboxylic acids is 2. The summed E-state index contributed by atoms with van der Waals surface area (Å²) in [6, 6.07) is 16.6. The second kappa shape index (κ2) is 13.1. The number of rotatable bonds is 3. The zero-order valence-electron chi connectivity index (χ0n) is 30.6. The van der Waals surface area contributed by atoms with Gasteiger partial charge in [-0.25, -0.2) is 0 Å². The number of ether oxygens (including phenoxy) is 2. The normalized spacial score (nSPS) is 31.4. The SMILES string of the molecule is C/C=C1\CN(C)[C@H]2Cc3c([nH]c4ccccc34)[C@H](n3c4c(c5ccccc53)C[C@H]3[C@@H](C(=O)OC)[C@H](C[C@H]4O)/C(=C/C)CN3C)C[C@H]1[C@@H]2C(=O)OC. The standard InChI is InChI=1S/C42H50N4O5/c1-7-23-21-44(3)33-18-29-25-13-9-11-15-31(25)43-39(29)35(17-27(23)37(33)41(48)50-5)46-32-16-12-10-14-26(32)30-19-34-38(42(49)51-6)28(20-36(47)40(30)46)24(8-2)22-45(34)4/h7-16,27-28,33-38,43,47H,17-22H2,1-6H3/b23-7+,24-8+/t27-,28-,33+,34+,35-,36-,37+,38+/m1/s1. The molecule has 268 valence electrons. The predicted octanol–water partition coefficient (Wildman–Crippen LogP) is 5.97.